The predicted molar refractivity (Wildman–Crippen MR) is 117 cm³/mol. The van der Waals surface area contributed by atoms with Gasteiger partial charge in [-0.2, -0.15) is 0 Å². The van der Waals surface area contributed by atoms with Crippen molar-refractivity contribution in [1.82, 2.24) is 4.90 Å². The van der Waals surface area contributed by atoms with Crippen LogP contribution in [0.3, 0.4) is 0 Å². The standard InChI is InChI=1S/C23H23ClN2OS/c24-21-10-5-4-7-18(21)17-25-14-12-20(13-15-25)26(19-8-2-1-3-9-19)23(27)22-11-6-16-28-22/h1-11,16,20H,12-15,17H2. The van der Waals surface area contributed by atoms with E-state index < -0.39 is 0 Å². The van der Waals surface area contributed by atoms with Crippen molar-refractivity contribution in [3.05, 3.63) is 87.6 Å². The van der Waals surface area contributed by atoms with Crippen LogP contribution in [-0.4, -0.2) is 29.9 Å². The highest BCUT2D eigenvalue weighted by Crippen LogP contribution is 2.28. The summed E-state index contributed by atoms with van der Waals surface area (Å²) in [6.07, 6.45) is 1.91. The minimum atomic E-state index is 0.103. The molecule has 1 aromatic heterocycles. The van der Waals surface area contributed by atoms with Crippen molar-refractivity contribution >= 4 is 34.5 Å². The van der Waals surface area contributed by atoms with Gasteiger partial charge in [0.15, 0.2) is 0 Å². The zero-order chi connectivity index (χ0) is 19.3. The molecule has 0 saturated carbocycles. The second-order valence-corrected chi connectivity index (χ2v) is 8.44. The van der Waals surface area contributed by atoms with Gasteiger partial charge in [-0.1, -0.05) is 54.1 Å². The average molecular weight is 411 g/mol. The van der Waals surface area contributed by atoms with Crippen LogP contribution >= 0.6 is 22.9 Å². The molecule has 0 unspecified atom stereocenters. The minimum Gasteiger partial charge on any atom is -0.305 e. The molecule has 1 amide bonds. The van der Waals surface area contributed by atoms with Crippen LogP contribution < -0.4 is 4.90 Å². The summed E-state index contributed by atoms with van der Waals surface area (Å²) in [7, 11) is 0. The van der Waals surface area contributed by atoms with E-state index >= 15 is 0 Å². The van der Waals surface area contributed by atoms with E-state index in [2.05, 4.69) is 11.0 Å². The van der Waals surface area contributed by atoms with Crippen LogP contribution in [0.1, 0.15) is 28.1 Å². The average Bonchev–Trinajstić information content (AvgIpc) is 3.27. The maximum Gasteiger partial charge on any atom is 0.268 e. The molecule has 2 heterocycles. The fraction of sp³-hybridized carbons (Fsp3) is 0.261. The first-order valence-electron chi connectivity index (χ1n) is 9.60. The zero-order valence-corrected chi connectivity index (χ0v) is 17.2. The number of benzene rings is 2. The third-order valence-electron chi connectivity index (χ3n) is 5.26. The highest BCUT2D eigenvalue weighted by molar-refractivity contribution is 7.12. The van der Waals surface area contributed by atoms with Crippen molar-refractivity contribution in [2.45, 2.75) is 25.4 Å². The Labute approximate surface area is 175 Å². The molecule has 0 radical (unpaired) electrons. The van der Waals surface area contributed by atoms with E-state index in [9.17, 15) is 4.79 Å². The molecule has 144 valence electrons. The van der Waals surface area contributed by atoms with Crippen molar-refractivity contribution in [1.29, 1.82) is 0 Å². The third kappa shape index (κ3) is 4.30. The second-order valence-electron chi connectivity index (χ2n) is 7.09. The number of anilines is 1. The lowest BCUT2D eigenvalue weighted by atomic mass is 10.0. The monoisotopic (exact) mass is 410 g/mol. The highest BCUT2D eigenvalue weighted by atomic mass is 35.5. The Morgan fingerprint density at radius 1 is 1.00 bits per heavy atom. The summed E-state index contributed by atoms with van der Waals surface area (Å²) in [5.74, 6) is 0.103. The number of nitrogens with zero attached hydrogens (tertiary/aromatic N) is 2. The molecule has 0 atom stereocenters. The minimum absolute atomic E-state index is 0.103. The van der Waals surface area contributed by atoms with Gasteiger partial charge in [0, 0.05) is 36.4 Å². The van der Waals surface area contributed by atoms with Gasteiger partial charge in [0.05, 0.1) is 4.88 Å². The topological polar surface area (TPSA) is 23.6 Å². The number of rotatable bonds is 5. The van der Waals surface area contributed by atoms with E-state index in [0.717, 1.165) is 53.6 Å². The Hall–Kier alpha value is -2.14. The number of halogens is 1. The first-order valence-corrected chi connectivity index (χ1v) is 10.9. The van der Waals surface area contributed by atoms with E-state index in [0.29, 0.717) is 0 Å². The van der Waals surface area contributed by atoms with E-state index in [4.69, 9.17) is 11.6 Å². The van der Waals surface area contributed by atoms with Crippen LogP contribution in [0.5, 0.6) is 0 Å². The van der Waals surface area contributed by atoms with Gasteiger partial charge in [-0.25, -0.2) is 0 Å². The number of carbonyl (C=O) groups is 1. The van der Waals surface area contributed by atoms with Gasteiger partial charge in [0.25, 0.3) is 5.91 Å². The molecular formula is C23H23ClN2OS. The Bertz CT molecular complexity index is 905. The van der Waals surface area contributed by atoms with Gasteiger partial charge >= 0.3 is 0 Å². The summed E-state index contributed by atoms with van der Waals surface area (Å²) in [5.41, 5.74) is 2.14. The van der Waals surface area contributed by atoms with Crippen LogP contribution in [0.25, 0.3) is 0 Å². The first-order chi connectivity index (χ1) is 13.7. The Kier molecular flexibility index (Phi) is 6.10. The molecule has 2 aromatic carbocycles. The molecule has 1 fully saturated rings. The zero-order valence-electron chi connectivity index (χ0n) is 15.6. The molecule has 4 rings (SSSR count). The number of thiophene rings is 1. The number of carbonyl (C=O) groups excluding carboxylic acids is 1. The Morgan fingerprint density at radius 2 is 1.71 bits per heavy atom. The molecule has 28 heavy (non-hydrogen) atoms. The fourth-order valence-corrected chi connectivity index (χ4v) is 4.66. The van der Waals surface area contributed by atoms with Gasteiger partial charge < -0.3 is 4.90 Å². The van der Waals surface area contributed by atoms with Crippen molar-refractivity contribution in [2.75, 3.05) is 18.0 Å². The Morgan fingerprint density at radius 3 is 2.39 bits per heavy atom. The van der Waals surface area contributed by atoms with Gasteiger partial charge in [0.2, 0.25) is 0 Å². The molecule has 0 aliphatic carbocycles. The molecule has 0 spiro atoms. The maximum atomic E-state index is 13.2. The molecule has 1 aliphatic heterocycles. The van der Waals surface area contributed by atoms with Gasteiger partial charge in [-0.15, -0.1) is 11.3 Å². The number of piperidine rings is 1. The van der Waals surface area contributed by atoms with Crippen LogP contribution in [0, 0.1) is 0 Å². The normalized spacial score (nSPS) is 15.5. The molecule has 0 N–H and O–H groups in total. The smallest absolute Gasteiger partial charge is 0.268 e. The lowest BCUT2D eigenvalue weighted by Crippen LogP contribution is -2.47. The summed E-state index contributed by atoms with van der Waals surface area (Å²) < 4.78 is 0. The van der Waals surface area contributed by atoms with Crippen molar-refractivity contribution in [2.24, 2.45) is 0 Å². The predicted octanol–water partition coefficient (Wildman–Crippen LogP) is 5.71. The van der Waals surface area contributed by atoms with E-state index in [1.54, 1.807) is 0 Å². The Balaban J connectivity index is 1.48. The van der Waals surface area contributed by atoms with Crippen LogP contribution in [0.15, 0.2) is 72.1 Å². The highest BCUT2D eigenvalue weighted by Gasteiger charge is 2.30. The number of amides is 1. The summed E-state index contributed by atoms with van der Waals surface area (Å²) in [6.45, 7) is 2.77. The van der Waals surface area contributed by atoms with Crippen LogP contribution in [0.2, 0.25) is 5.02 Å². The quantitative estimate of drug-likeness (QED) is 0.537. The van der Waals surface area contributed by atoms with Gasteiger partial charge in [-0.05, 0) is 48.1 Å². The largest absolute Gasteiger partial charge is 0.305 e. The maximum absolute atomic E-state index is 13.2. The number of para-hydroxylation sites is 1. The van der Waals surface area contributed by atoms with Crippen molar-refractivity contribution < 1.29 is 4.79 Å². The van der Waals surface area contributed by atoms with Gasteiger partial charge in [-0.3, -0.25) is 9.69 Å². The van der Waals surface area contributed by atoms with E-state index in [1.807, 2.05) is 70.9 Å². The van der Waals surface area contributed by atoms with E-state index in [1.165, 1.54) is 11.3 Å². The van der Waals surface area contributed by atoms with Crippen molar-refractivity contribution in [3.8, 4) is 0 Å². The lowest BCUT2D eigenvalue weighted by Gasteiger charge is -2.38. The molecule has 5 heteroatoms. The number of likely N-dealkylation sites (tertiary alicyclic amines) is 1. The molecule has 3 nitrogen and oxygen atoms in total. The summed E-state index contributed by atoms with van der Waals surface area (Å²) in [4.78, 5) is 18.4. The fourth-order valence-electron chi connectivity index (χ4n) is 3.80. The molecule has 1 aliphatic rings. The second kappa shape index (κ2) is 8.91. The van der Waals surface area contributed by atoms with E-state index in [-0.39, 0.29) is 11.9 Å². The molecule has 0 bridgehead atoms. The summed E-state index contributed by atoms with van der Waals surface area (Å²) in [6, 6.07) is 22.1. The van der Waals surface area contributed by atoms with Crippen LogP contribution in [0.4, 0.5) is 5.69 Å². The molecular weight excluding hydrogens is 388 g/mol. The molecule has 3 aromatic rings. The summed E-state index contributed by atoms with van der Waals surface area (Å²) >= 11 is 7.83. The summed E-state index contributed by atoms with van der Waals surface area (Å²) in [5, 5.41) is 2.78. The number of hydrogen-bond donors (Lipinski definition) is 0. The third-order valence-corrected chi connectivity index (χ3v) is 6.49. The SMILES string of the molecule is O=C(c1cccs1)N(c1ccccc1)C1CCN(Cc2ccccc2Cl)CC1. The lowest BCUT2D eigenvalue weighted by molar-refractivity contribution is 0.0962. The van der Waals surface area contributed by atoms with Crippen molar-refractivity contribution in [3.63, 3.8) is 0 Å². The van der Waals surface area contributed by atoms with Gasteiger partial charge in [0.1, 0.15) is 0 Å². The number of hydrogen-bond acceptors (Lipinski definition) is 3. The molecule has 1 saturated heterocycles. The van der Waals surface area contributed by atoms with Crippen LogP contribution in [-0.2, 0) is 6.54 Å². The first kappa shape index (κ1) is 19.2.